The average molecular weight is 262 g/mol. The Morgan fingerprint density at radius 3 is 2.68 bits per heavy atom. The molecule has 1 aliphatic rings. The molecule has 3 N–H and O–H groups in total. The number of carbonyl (C=O) groups is 1. The van der Waals surface area contributed by atoms with Gasteiger partial charge in [0.1, 0.15) is 0 Å². The average Bonchev–Trinajstić information content (AvgIpc) is 2.40. The minimum absolute atomic E-state index is 0.111. The van der Waals surface area contributed by atoms with E-state index in [0.29, 0.717) is 13.1 Å². The number of nitrogens with zero attached hydrogens (tertiary/aromatic N) is 2. The first kappa shape index (κ1) is 13.7. The van der Waals surface area contributed by atoms with E-state index in [-0.39, 0.29) is 5.91 Å². The van der Waals surface area contributed by atoms with Gasteiger partial charge in [-0.25, -0.2) is 0 Å². The summed E-state index contributed by atoms with van der Waals surface area (Å²) in [5, 5.41) is 2.83. The summed E-state index contributed by atoms with van der Waals surface area (Å²) in [5.74, 6) is 0.111. The van der Waals surface area contributed by atoms with Crippen molar-refractivity contribution < 1.29 is 4.79 Å². The van der Waals surface area contributed by atoms with E-state index in [0.717, 1.165) is 37.6 Å². The summed E-state index contributed by atoms with van der Waals surface area (Å²) >= 11 is 0. The maximum Gasteiger partial charge on any atom is 0.234 e. The van der Waals surface area contributed by atoms with Crippen molar-refractivity contribution in [2.45, 2.75) is 6.92 Å². The van der Waals surface area contributed by atoms with Crippen LogP contribution in [-0.4, -0.2) is 50.1 Å². The number of hydrogen-bond acceptors (Lipinski definition) is 4. The van der Waals surface area contributed by atoms with Crippen LogP contribution in [-0.2, 0) is 4.79 Å². The van der Waals surface area contributed by atoms with Gasteiger partial charge < -0.3 is 16.0 Å². The molecule has 104 valence electrons. The van der Waals surface area contributed by atoms with Crippen LogP contribution in [0, 0.1) is 0 Å². The van der Waals surface area contributed by atoms with E-state index < -0.39 is 0 Å². The highest BCUT2D eigenvalue weighted by molar-refractivity contribution is 5.78. The molecule has 0 aliphatic carbocycles. The van der Waals surface area contributed by atoms with Crippen LogP contribution in [0.2, 0.25) is 0 Å². The SMILES string of the molecule is CCNC(=O)CN1CCN(c2cccc(N)c2)CC1. The van der Waals surface area contributed by atoms with E-state index in [1.807, 2.05) is 25.1 Å². The monoisotopic (exact) mass is 262 g/mol. The molecule has 1 fully saturated rings. The molecule has 1 aliphatic heterocycles. The minimum atomic E-state index is 0.111. The van der Waals surface area contributed by atoms with Crippen molar-refractivity contribution in [3.63, 3.8) is 0 Å². The van der Waals surface area contributed by atoms with Crippen molar-refractivity contribution >= 4 is 17.3 Å². The van der Waals surface area contributed by atoms with Gasteiger partial charge in [-0.15, -0.1) is 0 Å². The summed E-state index contributed by atoms with van der Waals surface area (Å²) in [4.78, 5) is 16.0. The van der Waals surface area contributed by atoms with Gasteiger partial charge >= 0.3 is 0 Å². The molecule has 19 heavy (non-hydrogen) atoms. The molecule has 0 aromatic heterocycles. The molecule has 0 spiro atoms. The predicted octanol–water partition coefficient (Wildman–Crippen LogP) is 0.527. The number of likely N-dealkylation sites (N-methyl/N-ethyl adjacent to an activating group) is 1. The first-order valence-corrected chi connectivity index (χ1v) is 6.78. The maximum absolute atomic E-state index is 11.5. The number of piperazine rings is 1. The maximum atomic E-state index is 11.5. The number of rotatable bonds is 4. The Balaban J connectivity index is 1.84. The number of anilines is 2. The molecule has 1 aromatic rings. The Kier molecular flexibility index (Phi) is 4.63. The Labute approximate surface area is 114 Å². The third-order valence-corrected chi connectivity index (χ3v) is 3.35. The molecule has 0 saturated carbocycles. The van der Waals surface area contributed by atoms with Crippen LogP contribution in [0.5, 0.6) is 0 Å². The molecule has 0 unspecified atom stereocenters. The fourth-order valence-corrected chi connectivity index (χ4v) is 2.34. The number of nitrogen functional groups attached to an aromatic ring is 1. The van der Waals surface area contributed by atoms with E-state index in [1.54, 1.807) is 0 Å². The van der Waals surface area contributed by atoms with E-state index in [1.165, 1.54) is 0 Å². The summed E-state index contributed by atoms with van der Waals surface area (Å²) in [7, 11) is 0. The van der Waals surface area contributed by atoms with E-state index >= 15 is 0 Å². The zero-order valence-electron chi connectivity index (χ0n) is 11.4. The number of nitrogens with one attached hydrogen (secondary N) is 1. The first-order chi connectivity index (χ1) is 9.19. The van der Waals surface area contributed by atoms with Gasteiger partial charge in [-0.2, -0.15) is 0 Å². The third-order valence-electron chi connectivity index (χ3n) is 3.35. The molecule has 5 heteroatoms. The van der Waals surface area contributed by atoms with Crippen molar-refractivity contribution in [3.8, 4) is 0 Å². The van der Waals surface area contributed by atoms with Gasteiger partial charge in [0.15, 0.2) is 0 Å². The van der Waals surface area contributed by atoms with Gasteiger partial charge in [-0.05, 0) is 25.1 Å². The number of nitrogens with two attached hydrogens (primary N) is 1. The van der Waals surface area contributed by atoms with E-state index in [4.69, 9.17) is 5.73 Å². The standard InChI is InChI=1S/C14H22N4O/c1-2-16-14(19)11-17-6-8-18(9-7-17)13-5-3-4-12(15)10-13/h3-5,10H,2,6-9,11,15H2,1H3,(H,16,19). The highest BCUT2D eigenvalue weighted by Crippen LogP contribution is 2.18. The van der Waals surface area contributed by atoms with Crippen molar-refractivity contribution in [1.82, 2.24) is 10.2 Å². The molecular formula is C14H22N4O. The van der Waals surface area contributed by atoms with Crippen LogP contribution in [0.1, 0.15) is 6.92 Å². The highest BCUT2D eigenvalue weighted by atomic mass is 16.2. The lowest BCUT2D eigenvalue weighted by Crippen LogP contribution is -2.49. The molecule has 2 rings (SSSR count). The summed E-state index contributed by atoms with van der Waals surface area (Å²) in [6, 6.07) is 7.95. The van der Waals surface area contributed by atoms with Gasteiger partial charge in [0, 0.05) is 44.1 Å². The van der Waals surface area contributed by atoms with Crippen molar-refractivity contribution in [1.29, 1.82) is 0 Å². The summed E-state index contributed by atoms with van der Waals surface area (Å²) in [5.41, 5.74) is 7.76. The van der Waals surface area contributed by atoms with Crippen LogP contribution in [0.4, 0.5) is 11.4 Å². The van der Waals surface area contributed by atoms with Gasteiger partial charge in [0.2, 0.25) is 5.91 Å². The number of hydrogen-bond donors (Lipinski definition) is 2. The fourth-order valence-electron chi connectivity index (χ4n) is 2.34. The molecule has 1 heterocycles. The third kappa shape index (κ3) is 3.86. The number of amides is 1. The summed E-state index contributed by atoms with van der Waals surface area (Å²) in [6.45, 7) is 6.82. The number of carbonyl (C=O) groups excluding carboxylic acids is 1. The lowest BCUT2D eigenvalue weighted by molar-refractivity contribution is -0.122. The molecular weight excluding hydrogens is 240 g/mol. The van der Waals surface area contributed by atoms with Gasteiger partial charge in [0.25, 0.3) is 0 Å². The Hall–Kier alpha value is -1.75. The predicted molar refractivity (Wildman–Crippen MR) is 78.2 cm³/mol. The molecule has 1 aromatic carbocycles. The second-order valence-electron chi connectivity index (χ2n) is 4.81. The minimum Gasteiger partial charge on any atom is -0.399 e. The highest BCUT2D eigenvalue weighted by Gasteiger charge is 2.18. The normalized spacial score (nSPS) is 16.4. The molecule has 0 bridgehead atoms. The summed E-state index contributed by atoms with van der Waals surface area (Å²) in [6.07, 6.45) is 0. The van der Waals surface area contributed by atoms with E-state index in [2.05, 4.69) is 21.2 Å². The summed E-state index contributed by atoms with van der Waals surface area (Å²) < 4.78 is 0. The van der Waals surface area contributed by atoms with Crippen LogP contribution in [0.3, 0.4) is 0 Å². The molecule has 5 nitrogen and oxygen atoms in total. The zero-order chi connectivity index (χ0) is 13.7. The molecule has 0 radical (unpaired) electrons. The van der Waals surface area contributed by atoms with Gasteiger partial charge in [0.05, 0.1) is 6.54 Å². The second-order valence-corrected chi connectivity index (χ2v) is 4.81. The lowest BCUT2D eigenvalue weighted by atomic mass is 10.2. The molecule has 1 saturated heterocycles. The van der Waals surface area contributed by atoms with Crippen LogP contribution < -0.4 is 16.0 Å². The smallest absolute Gasteiger partial charge is 0.234 e. The van der Waals surface area contributed by atoms with Crippen molar-refractivity contribution in [2.24, 2.45) is 0 Å². The quantitative estimate of drug-likeness (QED) is 0.777. The lowest BCUT2D eigenvalue weighted by Gasteiger charge is -2.35. The fraction of sp³-hybridized carbons (Fsp3) is 0.500. The second kappa shape index (κ2) is 6.43. The van der Waals surface area contributed by atoms with Crippen molar-refractivity contribution in [3.05, 3.63) is 24.3 Å². The van der Waals surface area contributed by atoms with Gasteiger partial charge in [-0.1, -0.05) is 6.07 Å². The topological polar surface area (TPSA) is 61.6 Å². The zero-order valence-corrected chi connectivity index (χ0v) is 11.4. The Bertz CT molecular complexity index is 427. The van der Waals surface area contributed by atoms with Gasteiger partial charge in [-0.3, -0.25) is 9.69 Å². The first-order valence-electron chi connectivity index (χ1n) is 6.78. The Morgan fingerprint density at radius 2 is 2.05 bits per heavy atom. The Morgan fingerprint density at radius 1 is 1.32 bits per heavy atom. The van der Waals surface area contributed by atoms with Crippen LogP contribution in [0.25, 0.3) is 0 Å². The number of benzene rings is 1. The molecule has 1 amide bonds. The molecule has 0 atom stereocenters. The van der Waals surface area contributed by atoms with E-state index in [9.17, 15) is 4.79 Å². The van der Waals surface area contributed by atoms with Crippen LogP contribution in [0.15, 0.2) is 24.3 Å². The largest absolute Gasteiger partial charge is 0.399 e. The van der Waals surface area contributed by atoms with Crippen LogP contribution >= 0.6 is 0 Å². The van der Waals surface area contributed by atoms with Crippen molar-refractivity contribution in [2.75, 3.05) is 49.9 Å².